The SMILES string of the molecule is COC(=O)C=CN(C)CC1CC(O)C1. The van der Waals surface area contributed by atoms with Gasteiger partial charge < -0.3 is 14.7 Å². The minimum atomic E-state index is -0.342. The monoisotopic (exact) mass is 199 g/mol. The lowest BCUT2D eigenvalue weighted by Crippen LogP contribution is -2.35. The van der Waals surface area contributed by atoms with E-state index in [1.807, 2.05) is 11.9 Å². The average molecular weight is 199 g/mol. The van der Waals surface area contributed by atoms with Crippen LogP contribution in [0.15, 0.2) is 12.3 Å². The maximum Gasteiger partial charge on any atom is 0.331 e. The molecule has 0 radical (unpaired) electrons. The fraction of sp³-hybridized carbons (Fsp3) is 0.700. The van der Waals surface area contributed by atoms with E-state index in [1.165, 1.54) is 13.2 Å². The Kier molecular flexibility index (Phi) is 3.95. The maximum atomic E-state index is 10.8. The molecular formula is C10H17NO3. The standard InChI is InChI=1S/C10H17NO3/c1-11(4-3-10(13)14-2)7-8-5-9(12)6-8/h3-4,8-9,12H,5-7H2,1-2H3. The zero-order valence-corrected chi connectivity index (χ0v) is 8.64. The second-order valence-corrected chi connectivity index (χ2v) is 3.77. The van der Waals surface area contributed by atoms with Gasteiger partial charge in [-0.1, -0.05) is 0 Å². The van der Waals surface area contributed by atoms with E-state index >= 15 is 0 Å². The molecule has 0 aliphatic heterocycles. The molecule has 0 spiro atoms. The summed E-state index contributed by atoms with van der Waals surface area (Å²) in [5, 5.41) is 9.08. The Labute approximate surface area is 84.2 Å². The van der Waals surface area contributed by atoms with Crippen LogP contribution in [0.3, 0.4) is 0 Å². The zero-order valence-electron chi connectivity index (χ0n) is 8.64. The Bertz CT molecular complexity index is 221. The maximum absolute atomic E-state index is 10.8. The van der Waals surface area contributed by atoms with Gasteiger partial charge in [0, 0.05) is 25.9 Å². The Hall–Kier alpha value is -1.03. The van der Waals surface area contributed by atoms with Gasteiger partial charge in [0.1, 0.15) is 0 Å². The van der Waals surface area contributed by atoms with Crippen molar-refractivity contribution in [3.05, 3.63) is 12.3 Å². The summed E-state index contributed by atoms with van der Waals surface area (Å²) in [4.78, 5) is 12.7. The summed E-state index contributed by atoms with van der Waals surface area (Å²) < 4.78 is 4.47. The van der Waals surface area contributed by atoms with Crippen molar-refractivity contribution < 1.29 is 14.6 Å². The van der Waals surface area contributed by atoms with Crippen molar-refractivity contribution in [2.24, 2.45) is 5.92 Å². The molecule has 4 nitrogen and oxygen atoms in total. The van der Waals surface area contributed by atoms with Gasteiger partial charge in [0.2, 0.25) is 0 Å². The Balaban J connectivity index is 2.18. The highest BCUT2D eigenvalue weighted by molar-refractivity contribution is 5.81. The van der Waals surface area contributed by atoms with Crippen LogP contribution in [0, 0.1) is 5.92 Å². The highest BCUT2D eigenvalue weighted by Crippen LogP contribution is 2.27. The van der Waals surface area contributed by atoms with E-state index in [0.717, 1.165) is 19.4 Å². The van der Waals surface area contributed by atoms with E-state index in [1.54, 1.807) is 6.20 Å². The van der Waals surface area contributed by atoms with Crippen LogP contribution >= 0.6 is 0 Å². The number of hydrogen-bond acceptors (Lipinski definition) is 4. The summed E-state index contributed by atoms with van der Waals surface area (Å²) in [6.45, 7) is 0.880. The molecule has 0 aromatic rings. The van der Waals surface area contributed by atoms with Crippen molar-refractivity contribution >= 4 is 5.97 Å². The summed E-state index contributed by atoms with van der Waals surface area (Å²) in [6, 6.07) is 0. The van der Waals surface area contributed by atoms with E-state index in [4.69, 9.17) is 5.11 Å². The number of rotatable bonds is 4. The second-order valence-electron chi connectivity index (χ2n) is 3.77. The topological polar surface area (TPSA) is 49.8 Å². The second kappa shape index (κ2) is 5.00. The molecule has 0 unspecified atom stereocenters. The fourth-order valence-corrected chi connectivity index (χ4v) is 1.57. The van der Waals surface area contributed by atoms with E-state index in [0.29, 0.717) is 5.92 Å². The predicted molar refractivity (Wildman–Crippen MR) is 52.5 cm³/mol. The van der Waals surface area contributed by atoms with Crippen molar-refractivity contribution in [1.82, 2.24) is 4.90 Å². The summed E-state index contributed by atoms with van der Waals surface area (Å²) in [5.74, 6) is 0.211. The molecule has 4 heteroatoms. The molecule has 0 atom stereocenters. The molecule has 1 N–H and O–H groups in total. The van der Waals surface area contributed by atoms with Gasteiger partial charge in [-0.15, -0.1) is 0 Å². The first-order chi connectivity index (χ1) is 6.61. The van der Waals surface area contributed by atoms with Crippen LogP contribution < -0.4 is 0 Å². The molecule has 1 rings (SSSR count). The number of carbonyl (C=O) groups is 1. The van der Waals surface area contributed by atoms with Gasteiger partial charge >= 0.3 is 5.97 Å². The van der Waals surface area contributed by atoms with Crippen molar-refractivity contribution in [3.8, 4) is 0 Å². The zero-order chi connectivity index (χ0) is 10.6. The molecule has 1 fully saturated rings. The lowest BCUT2D eigenvalue weighted by Gasteiger charge is -2.33. The number of aliphatic hydroxyl groups is 1. The van der Waals surface area contributed by atoms with Crippen LogP contribution in [0.1, 0.15) is 12.8 Å². The van der Waals surface area contributed by atoms with Gasteiger partial charge in [-0.05, 0) is 18.8 Å². The normalized spacial score (nSPS) is 25.9. The van der Waals surface area contributed by atoms with Crippen LogP contribution in [-0.4, -0.2) is 42.8 Å². The summed E-state index contributed by atoms with van der Waals surface area (Å²) in [6.07, 6.45) is 4.73. The van der Waals surface area contributed by atoms with Crippen molar-refractivity contribution in [2.75, 3.05) is 20.7 Å². The van der Waals surface area contributed by atoms with Crippen LogP contribution in [-0.2, 0) is 9.53 Å². The average Bonchev–Trinajstić information content (AvgIpc) is 2.11. The minimum Gasteiger partial charge on any atom is -0.466 e. The van der Waals surface area contributed by atoms with Crippen molar-refractivity contribution in [1.29, 1.82) is 0 Å². The predicted octanol–water partition coefficient (Wildman–Crippen LogP) is 0.376. The first-order valence-corrected chi connectivity index (χ1v) is 4.76. The lowest BCUT2D eigenvalue weighted by molar-refractivity contribution is -0.134. The molecule has 0 saturated heterocycles. The molecule has 0 bridgehead atoms. The largest absolute Gasteiger partial charge is 0.466 e. The first kappa shape index (κ1) is 11.0. The number of carbonyl (C=O) groups excluding carboxylic acids is 1. The van der Waals surface area contributed by atoms with Gasteiger partial charge in [-0.2, -0.15) is 0 Å². The van der Waals surface area contributed by atoms with E-state index in [-0.39, 0.29) is 12.1 Å². The van der Waals surface area contributed by atoms with Crippen molar-refractivity contribution in [3.63, 3.8) is 0 Å². The van der Waals surface area contributed by atoms with Gasteiger partial charge in [-0.3, -0.25) is 0 Å². The van der Waals surface area contributed by atoms with Gasteiger partial charge in [-0.25, -0.2) is 4.79 Å². The molecule has 0 aromatic heterocycles. The Morgan fingerprint density at radius 3 is 2.79 bits per heavy atom. The fourth-order valence-electron chi connectivity index (χ4n) is 1.57. The molecule has 1 saturated carbocycles. The third-order valence-electron chi connectivity index (χ3n) is 2.42. The summed E-state index contributed by atoms with van der Waals surface area (Å²) in [5.41, 5.74) is 0. The highest BCUT2D eigenvalue weighted by Gasteiger charge is 2.27. The minimum absolute atomic E-state index is 0.113. The number of ether oxygens (including phenoxy) is 1. The quantitative estimate of drug-likeness (QED) is 0.525. The number of methoxy groups -OCH3 is 1. The molecule has 0 heterocycles. The summed E-state index contributed by atoms with van der Waals surface area (Å²) in [7, 11) is 3.26. The van der Waals surface area contributed by atoms with Crippen LogP contribution in [0.25, 0.3) is 0 Å². The van der Waals surface area contributed by atoms with Crippen molar-refractivity contribution in [2.45, 2.75) is 18.9 Å². The number of nitrogens with zero attached hydrogens (tertiary/aromatic N) is 1. The molecule has 80 valence electrons. The molecule has 1 aliphatic carbocycles. The van der Waals surface area contributed by atoms with Crippen LogP contribution in [0.2, 0.25) is 0 Å². The van der Waals surface area contributed by atoms with E-state index < -0.39 is 0 Å². The van der Waals surface area contributed by atoms with Crippen LogP contribution in [0.5, 0.6) is 0 Å². The third kappa shape index (κ3) is 3.38. The molecule has 1 aliphatic rings. The number of aliphatic hydroxyl groups excluding tert-OH is 1. The Morgan fingerprint density at radius 1 is 1.64 bits per heavy atom. The lowest BCUT2D eigenvalue weighted by atomic mass is 9.82. The number of hydrogen-bond donors (Lipinski definition) is 1. The molecular weight excluding hydrogens is 182 g/mol. The third-order valence-corrected chi connectivity index (χ3v) is 2.42. The van der Waals surface area contributed by atoms with E-state index in [9.17, 15) is 4.79 Å². The highest BCUT2D eigenvalue weighted by atomic mass is 16.5. The molecule has 14 heavy (non-hydrogen) atoms. The molecule has 0 aromatic carbocycles. The van der Waals surface area contributed by atoms with Gasteiger partial charge in [0.15, 0.2) is 0 Å². The smallest absolute Gasteiger partial charge is 0.331 e. The van der Waals surface area contributed by atoms with E-state index in [2.05, 4.69) is 4.74 Å². The molecule has 0 amide bonds. The number of esters is 1. The Morgan fingerprint density at radius 2 is 2.29 bits per heavy atom. The summed E-state index contributed by atoms with van der Waals surface area (Å²) >= 11 is 0. The van der Waals surface area contributed by atoms with Gasteiger partial charge in [0.05, 0.1) is 13.2 Å². The van der Waals surface area contributed by atoms with Crippen LogP contribution in [0.4, 0.5) is 0 Å². The van der Waals surface area contributed by atoms with Gasteiger partial charge in [0.25, 0.3) is 0 Å². The first-order valence-electron chi connectivity index (χ1n) is 4.76.